The monoisotopic (exact) mass is 694 g/mol. The summed E-state index contributed by atoms with van der Waals surface area (Å²) in [5.41, 5.74) is 19.9. The van der Waals surface area contributed by atoms with E-state index >= 15 is 0 Å². The van der Waals surface area contributed by atoms with E-state index in [0.29, 0.717) is 17.9 Å². The first-order valence-electron chi connectivity index (χ1n) is 16.4. The van der Waals surface area contributed by atoms with Gasteiger partial charge in [-0.15, -0.1) is 0 Å². The fourth-order valence-electron chi connectivity index (χ4n) is 4.90. The van der Waals surface area contributed by atoms with Crippen LogP contribution in [0.2, 0.25) is 5.02 Å². The average molecular weight is 695 g/mol. The summed E-state index contributed by atoms with van der Waals surface area (Å²) in [6.07, 6.45) is 1.19. The number of nitrogens with two attached hydrogens (primary N) is 3. The molecule has 8 nitrogen and oxygen atoms in total. The maximum atomic E-state index is 11.7. The second kappa shape index (κ2) is 18.9. The van der Waals surface area contributed by atoms with Crippen molar-refractivity contribution in [2.75, 3.05) is 0 Å². The number of nitrogens with one attached hydrogen (secondary N) is 1. The number of hydrogen-bond donors (Lipinski definition) is 4. The SMILES string of the molecule is CC(C#N)(Cc1ccccc1)NC(=O)OC(C)(C)C.CC(N)(C#N)Cc1ccccc1.CC(N)(Cc1ccccc1)C(N)c1ccc(Cl)cc1. The van der Waals surface area contributed by atoms with E-state index in [1.54, 1.807) is 34.6 Å². The molecule has 4 rings (SSSR count). The number of nitrogens with zero attached hydrogens (tertiary/aromatic N) is 2. The van der Waals surface area contributed by atoms with E-state index in [1.165, 1.54) is 5.56 Å². The molecule has 0 aliphatic rings. The van der Waals surface area contributed by atoms with Crippen LogP contribution in [-0.4, -0.2) is 28.3 Å². The highest BCUT2D eigenvalue weighted by Gasteiger charge is 2.30. The van der Waals surface area contributed by atoms with Crippen LogP contribution in [0.4, 0.5) is 4.79 Å². The Hall–Kier alpha value is -4.70. The molecule has 0 saturated heterocycles. The summed E-state index contributed by atoms with van der Waals surface area (Å²) in [6, 6.07) is 41.0. The maximum Gasteiger partial charge on any atom is 0.408 e. The Kier molecular flexibility index (Phi) is 15.7. The highest BCUT2D eigenvalue weighted by molar-refractivity contribution is 6.30. The van der Waals surface area contributed by atoms with Gasteiger partial charge in [-0.1, -0.05) is 115 Å². The van der Waals surface area contributed by atoms with Crippen molar-refractivity contribution in [3.05, 3.63) is 143 Å². The van der Waals surface area contributed by atoms with Crippen LogP contribution in [-0.2, 0) is 24.0 Å². The number of carbonyl (C=O) groups is 1. The smallest absolute Gasteiger partial charge is 0.408 e. The number of amides is 1. The first-order chi connectivity index (χ1) is 23.4. The van der Waals surface area contributed by atoms with Gasteiger partial charge in [-0.05, 0) is 82.3 Å². The fourth-order valence-corrected chi connectivity index (χ4v) is 5.03. The van der Waals surface area contributed by atoms with E-state index < -0.39 is 28.3 Å². The van der Waals surface area contributed by atoms with Crippen molar-refractivity contribution >= 4 is 17.7 Å². The third-order valence-electron chi connectivity index (χ3n) is 7.46. The Bertz CT molecular complexity index is 1680. The molecule has 0 aliphatic heterocycles. The normalized spacial score (nSPS) is 14.9. The van der Waals surface area contributed by atoms with Crippen molar-refractivity contribution in [1.82, 2.24) is 5.32 Å². The molecular formula is C41H51ClN6O2. The summed E-state index contributed by atoms with van der Waals surface area (Å²) in [6.45, 7) is 10.8. The van der Waals surface area contributed by atoms with Crippen LogP contribution >= 0.6 is 11.6 Å². The minimum atomic E-state index is -0.982. The molecule has 0 fully saturated rings. The molecule has 7 N–H and O–H groups in total. The lowest BCUT2D eigenvalue weighted by molar-refractivity contribution is 0.0487. The number of carbonyl (C=O) groups excluding carboxylic acids is 1. The molecule has 4 aromatic carbocycles. The molecule has 4 atom stereocenters. The molecule has 0 spiro atoms. The Morgan fingerprint density at radius 2 is 1.12 bits per heavy atom. The first-order valence-corrected chi connectivity index (χ1v) is 16.8. The van der Waals surface area contributed by atoms with E-state index in [0.717, 1.165) is 23.1 Å². The van der Waals surface area contributed by atoms with Gasteiger partial charge in [0.2, 0.25) is 0 Å². The summed E-state index contributed by atoms with van der Waals surface area (Å²) in [5.74, 6) is 0. The molecule has 1 amide bonds. The fraction of sp³-hybridized carbons (Fsp3) is 0.341. The van der Waals surface area contributed by atoms with E-state index in [9.17, 15) is 10.1 Å². The summed E-state index contributed by atoms with van der Waals surface area (Å²) in [7, 11) is 0. The largest absolute Gasteiger partial charge is 0.444 e. The van der Waals surface area contributed by atoms with Crippen molar-refractivity contribution in [3.8, 4) is 12.1 Å². The number of benzene rings is 4. The van der Waals surface area contributed by atoms with E-state index in [1.807, 2.05) is 110 Å². The highest BCUT2D eigenvalue weighted by Crippen LogP contribution is 2.26. The third-order valence-corrected chi connectivity index (χ3v) is 7.71. The number of ether oxygens (including phenoxy) is 1. The number of rotatable bonds is 9. The molecule has 264 valence electrons. The predicted octanol–water partition coefficient (Wildman–Crippen LogP) is 7.81. The van der Waals surface area contributed by atoms with Gasteiger partial charge in [0.1, 0.15) is 16.7 Å². The molecule has 50 heavy (non-hydrogen) atoms. The zero-order valence-electron chi connectivity index (χ0n) is 30.0. The van der Waals surface area contributed by atoms with Gasteiger partial charge in [0, 0.05) is 29.4 Å². The summed E-state index contributed by atoms with van der Waals surface area (Å²) >= 11 is 5.89. The van der Waals surface area contributed by atoms with Gasteiger partial charge in [0.25, 0.3) is 0 Å². The minimum Gasteiger partial charge on any atom is -0.444 e. The van der Waals surface area contributed by atoms with Crippen LogP contribution in [0.25, 0.3) is 0 Å². The van der Waals surface area contributed by atoms with Gasteiger partial charge in [-0.2, -0.15) is 10.5 Å². The third kappa shape index (κ3) is 15.7. The van der Waals surface area contributed by atoms with Crippen molar-refractivity contribution in [1.29, 1.82) is 10.5 Å². The number of nitriles is 2. The van der Waals surface area contributed by atoms with Gasteiger partial charge in [-0.3, -0.25) is 0 Å². The molecule has 0 saturated carbocycles. The minimum absolute atomic E-state index is 0.232. The lowest BCUT2D eigenvalue weighted by atomic mass is 9.83. The second-order valence-corrected chi connectivity index (χ2v) is 14.6. The molecule has 9 heteroatoms. The van der Waals surface area contributed by atoms with Gasteiger partial charge in [0.05, 0.1) is 12.1 Å². The molecule has 0 bridgehead atoms. The van der Waals surface area contributed by atoms with Crippen molar-refractivity contribution < 1.29 is 9.53 Å². The number of halogens is 1. The van der Waals surface area contributed by atoms with Gasteiger partial charge in [0.15, 0.2) is 0 Å². The van der Waals surface area contributed by atoms with Crippen molar-refractivity contribution in [2.24, 2.45) is 17.2 Å². The standard InChI is InChI=1S/C16H19ClN2.C15H20N2O2.C10H12N2/c1-16(19,11-12-5-3-2-4-6-12)15(18)13-7-9-14(17)10-8-13;1-14(2,3)19-13(18)17-15(4,11-16)10-12-8-6-5-7-9-12;1-10(12,8-11)7-9-5-3-2-4-6-9/h2-10,15H,11,18-19H2,1H3;5-9H,10H2,1-4H3,(H,17,18);2-6H,7,12H2,1H3. The summed E-state index contributed by atoms with van der Waals surface area (Å²) in [5, 5.41) is 21.3. The van der Waals surface area contributed by atoms with Crippen LogP contribution in [0.3, 0.4) is 0 Å². The Morgan fingerprint density at radius 3 is 1.52 bits per heavy atom. The van der Waals surface area contributed by atoms with E-state index in [-0.39, 0.29) is 6.04 Å². The maximum absolute atomic E-state index is 11.7. The molecule has 0 aromatic heterocycles. The van der Waals surface area contributed by atoms with E-state index in [2.05, 4.69) is 29.6 Å². The van der Waals surface area contributed by atoms with E-state index in [4.69, 9.17) is 38.8 Å². The van der Waals surface area contributed by atoms with Gasteiger partial charge >= 0.3 is 6.09 Å². The molecule has 0 aliphatic carbocycles. The zero-order chi connectivity index (χ0) is 37.4. The lowest BCUT2D eigenvalue weighted by Gasteiger charge is -2.32. The summed E-state index contributed by atoms with van der Waals surface area (Å²) in [4.78, 5) is 11.7. The topological polar surface area (TPSA) is 164 Å². The molecular weight excluding hydrogens is 644 g/mol. The van der Waals surface area contributed by atoms with Crippen LogP contribution in [0.5, 0.6) is 0 Å². The quantitative estimate of drug-likeness (QED) is 0.139. The van der Waals surface area contributed by atoms with Crippen molar-refractivity contribution in [3.63, 3.8) is 0 Å². The predicted molar refractivity (Wildman–Crippen MR) is 203 cm³/mol. The Balaban J connectivity index is 0.000000268. The molecule has 4 unspecified atom stereocenters. The second-order valence-electron chi connectivity index (χ2n) is 14.1. The molecule has 0 radical (unpaired) electrons. The lowest BCUT2D eigenvalue weighted by Crippen LogP contribution is -2.48. The van der Waals surface area contributed by atoms with Crippen LogP contribution in [0, 0.1) is 22.7 Å². The highest BCUT2D eigenvalue weighted by atomic mass is 35.5. The Labute approximate surface area is 303 Å². The first kappa shape index (κ1) is 41.5. The molecule has 4 aromatic rings. The number of hydrogen-bond acceptors (Lipinski definition) is 7. The summed E-state index contributed by atoms with van der Waals surface area (Å²) < 4.78 is 5.17. The van der Waals surface area contributed by atoms with Crippen LogP contribution in [0.15, 0.2) is 115 Å². The van der Waals surface area contributed by atoms with Crippen LogP contribution < -0.4 is 22.5 Å². The Morgan fingerprint density at radius 1 is 0.700 bits per heavy atom. The van der Waals surface area contributed by atoms with Crippen molar-refractivity contribution in [2.45, 2.75) is 89.1 Å². The van der Waals surface area contributed by atoms with Gasteiger partial charge < -0.3 is 27.3 Å². The molecule has 0 heterocycles. The van der Waals surface area contributed by atoms with Gasteiger partial charge in [-0.25, -0.2) is 4.79 Å². The zero-order valence-corrected chi connectivity index (χ0v) is 30.7. The average Bonchev–Trinajstić information content (AvgIpc) is 3.05. The number of alkyl carbamates (subject to hydrolysis) is 1. The van der Waals surface area contributed by atoms with Crippen LogP contribution in [0.1, 0.15) is 69.8 Å².